The van der Waals surface area contributed by atoms with Crippen LogP contribution in [0.5, 0.6) is 0 Å². The topological polar surface area (TPSA) is 62.5 Å². The van der Waals surface area contributed by atoms with Crippen molar-refractivity contribution < 1.29 is 13.7 Å². The number of likely N-dealkylation sites (N-methyl/N-ethyl adjacent to an activating group) is 2. The van der Waals surface area contributed by atoms with Crippen molar-refractivity contribution in [2.24, 2.45) is 0 Å². The van der Waals surface area contributed by atoms with Crippen molar-refractivity contribution >= 4 is 5.91 Å². The normalized spacial score (nSPS) is 15.5. The molecule has 0 N–H and O–H groups in total. The van der Waals surface area contributed by atoms with E-state index in [0.29, 0.717) is 17.4 Å². The Morgan fingerprint density at radius 2 is 2.12 bits per heavy atom. The Hall–Kier alpha value is -2.28. The molecule has 24 heavy (non-hydrogen) atoms. The lowest BCUT2D eigenvalue weighted by atomic mass is 10.0. The molecule has 3 rings (SSSR count). The maximum atomic E-state index is 13.5. The van der Waals surface area contributed by atoms with Crippen LogP contribution in [-0.4, -0.2) is 47.0 Å². The summed E-state index contributed by atoms with van der Waals surface area (Å²) in [7, 11) is 5.26. The van der Waals surface area contributed by atoms with E-state index in [2.05, 4.69) is 10.1 Å². The van der Waals surface area contributed by atoms with Crippen molar-refractivity contribution in [3.63, 3.8) is 0 Å². The molecule has 1 aromatic heterocycles. The molecule has 1 aliphatic rings. The number of hydrogen-bond donors (Lipinski definition) is 0. The molecule has 0 unspecified atom stereocenters. The van der Waals surface area contributed by atoms with Crippen molar-refractivity contribution in [3.05, 3.63) is 47.4 Å². The summed E-state index contributed by atoms with van der Waals surface area (Å²) in [5, 5.41) is 3.96. The third-order valence-electron chi connectivity index (χ3n) is 4.09. The smallest absolute Gasteiger partial charge is 0.246 e. The monoisotopic (exact) mass is 332 g/mol. The summed E-state index contributed by atoms with van der Waals surface area (Å²) in [6, 6.07) is 5.53. The molecule has 1 saturated carbocycles. The summed E-state index contributed by atoms with van der Waals surface area (Å²) in [6.45, 7) is 0.234. The third-order valence-corrected chi connectivity index (χ3v) is 4.09. The predicted molar refractivity (Wildman–Crippen MR) is 85.6 cm³/mol. The van der Waals surface area contributed by atoms with Gasteiger partial charge in [0.15, 0.2) is 5.82 Å². The Kier molecular flexibility index (Phi) is 4.62. The predicted octanol–water partition coefficient (Wildman–Crippen LogP) is 2.35. The van der Waals surface area contributed by atoms with Crippen LogP contribution in [0.4, 0.5) is 4.39 Å². The average Bonchev–Trinajstić information content (AvgIpc) is 3.27. The van der Waals surface area contributed by atoms with E-state index in [4.69, 9.17) is 4.52 Å². The van der Waals surface area contributed by atoms with Gasteiger partial charge < -0.3 is 9.42 Å². The molecule has 1 aliphatic carbocycles. The van der Waals surface area contributed by atoms with E-state index in [1.54, 1.807) is 38.2 Å². The van der Waals surface area contributed by atoms with Gasteiger partial charge >= 0.3 is 0 Å². The van der Waals surface area contributed by atoms with Gasteiger partial charge in [0, 0.05) is 13.0 Å². The molecule has 2 aromatic rings. The standard InChI is InChI=1S/C17H21FN4O2/c1-21(2)15(12-5-4-6-13(18)9-12)17(23)22(3)10-14-19-16(20-24-14)11-7-8-11/h4-6,9,11,15H,7-8,10H2,1-3H3/t15-/m1/s1. The van der Waals surface area contributed by atoms with Gasteiger partial charge in [-0.3, -0.25) is 9.69 Å². The summed E-state index contributed by atoms with van der Waals surface area (Å²) < 4.78 is 18.7. The van der Waals surface area contributed by atoms with Gasteiger partial charge in [0.05, 0.1) is 6.54 Å². The molecule has 1 atom stereocenters. The molecule has 1 amide bonds. The fourth-order valence-electron chi connectivity index (χ4n) is 2.67. The minimum atomic E-state index is -0.573. The third kappa shape index (κ3) is 3.62. The molecule has 7 heteroatoms. The highest BCUT2D eigenvalue weighted by atomic mass is 19.1. The SMILES string of the molecule is CN(Cc1nc(C2CC2)no1)C(=O)[C@@H](c1cccc(F)c1)N(C)C. The molecular formula is C17H21FN4O2. The van der Waals surface area contributed by atoms with Crippen molar-refractivity contribution in [3.8, 4) is 0 Å². The fourth-order valence-corrected chi connectivity index (χ4v) is 2.67. The second-order valence-electron chi connectivity index (χ2n) is 6.44. The van der Waals surface area contributed by atoms with Crippen LogP contribution in [-0.2, 0) is 11.3 Å². The van der Waals surface area contributed by atoms with Crippen molar-refractivity contribution in [2.45, 2.75) is 31.3 Å². The van der Waals surface area contributed by atoms with Gasteiger partial charge in [0.1, 0.15) is 11.9 Å². The lowest BCUT2D eigenvalue weighted by molar-refractivity contribution is -0.135. The number of amides is 1. The summed E-state index contributed by atoms with van der Waals surface area (Å²) in [4.78, 5) is 20.5. The number of benzene rings is 1. The highest BCUT2D eigenvalue weighted by Crippen LogP contribution is 2.38. The Balaban J connectivity index is 1.73. The van der Waals surface area contributed by atoms with Gasteiger partial charge in [0.2, 0.25) is 11.8 Å². The van der Waals surface area contributed by atoms with Crippen molar-refractivity contribution in [2.75, 3.05) is 21.1 Å². The zero-order valence-corrected chi connectivity index (χ0v) is 14.1. The molecule has 1 aromatic carbocycles. The van der Waals surface area contributed by atoms with Crippen molar-refractivity contribution in [1.82, 2.24) is 19.9 Å². The molecule has 0 spiro atoms. The van der Waals surface area contributed by atoms with Gasteiger partial charge in [0.25, 0.3) is 0 Å². The van der Waals surface area contributed by atoms with Crippen LogP contribution in [0.25, 0.3) is 0 Å². The van der Waals surface area contributed by atoms with Crippen molar-refractivity contribution in [1.29, 1.82) is 0 Å². The number of rotatable bonds is 6. The maximum absolute atomic E-state index is 13.5. The molecular weight excluding hydrogens is 311 g/mol. The highest BCUT2D eigenvalue weighted by molar-refractivity contribution is 5.83. The maximum Gasteiger partial charge on any atom is 0.246 e. The second-order valence-corrected chi connectivity index (χ2v) is 6.44. The summed E-state index contributed by atoms with van der Waals surface area (Å²) in [6.07, 6.45) is 2.19. The zero-order chi connectivity index (χ0) is 17.3. The first kappa shape index (κ1) is 16.6. The summed E-state index contributed by atoms with van der Waals surface area (Å²) >= 11 is 0. The van der Waals surface area contributed by atoms with E-state index in [0.717, 1.165) is 18.7 Å². The van der Waals surface area contributed by atoms with Crippen LogP contribution in [0.3, 0.4) is 0 Å². The molecule has 6 nitrogen and oxygen atoms in total. The first-order valence-electron chi connectivity index (χ1n) is 7.95. The van der Waals surface area contributed by atoms with Gasteiger partial charge in [-0.15, -0.1) is 0 Å². The van der Waals surface area contributed by atoms with E-state index >= 15 is 0 Å². The number of aromatic nitrogens is 2. The minimum absolute atomic E-state index is 0.156. The first-order chi connectivity index (χ1) is 11.5. The van der Waals surface area contributed by atoms with Crippen LogP contribution in [0.2, 0.25) is 0 Å². The molecule has 0 radical (unpaired) electrons. The molecule has 128 valence electrons. The van der Waals surface area contributed by atoms with E-state index < -0.39 is 6.04 Å². The van der Waals surface area contributed by atoms with Crippen LogP contribution in [0.1, 0.15) is 42.1 Å². The quantitative estimate of drug-likeness (QED) is 0.812. The minimum Gasteiger partial charge on any atom is -0.337 e. The number of nitrogens with zero attached hydrogens (tertiary/aromatic N) is 4. The van der Waals surface area contributed by atoms with Gasteiger partial charge in [-0.25, -0.2) is 4.39 Å². The number of hydrogen-bond acceptors (Lipinski definition) is 5. The van der Waals surface area contributed by atoms with E-state index in [-0.39, 0.29) is 18.3 Å². The second kappa shape index (κ2) is 6.68. The van der Waals surface area contributed by atoms with E-state index in [1.165, 1.54) is 17.0 Å². The van der Waals surface area contributed by atoms with Crippen LogP contribution in [0.15, 0.2) is 28.8 Å². The molecule has 0 saturated heterocycles. The highest BCUT2D eigenvalue weighted by Gasteiger charge is 2.30. The van der Waals surface area contributed by atoms with E-state index in [1.807, 2.05) is 0 Å². The van der Waals surface area contributed by atoms with Crippen LogP contribution in [0, 0.1) is 5.82 Å². The first-order valence-corrected chi connectivity index (χ1v) is 7.95. The lowest BCUT2D eigenvalue weighted by Crippen LogP contribution is -2.38. The van der Waals surface area contributed by atoms with Gasteiger partial charge in [-0.05, 0) is 44.6 Å². The van der Waals surface area contributed by atoms with E-state index in [9.17, 15) is 9.18 Å². The molecule has 1 heterocycles. The molecule has 0 bridgehead atoms. The zero-order valence-electron chi connectivity index (χ0n) is 14.1. The molecule has 1 fully saturated rings. The van der Waals surface area contributed by atoms with Gasteiger partial charge in [-0.2, -0.15) is 4.98 Å². The Bertz CT molecular complexity index is 727. The summed E-state index contributed by atoms with van der Waals surface area (Å²) in [5.74, 6) is 1.03. The Morgan fingerprint density at radius 3 is 2.75 bits per heavy atom. The number of carbonyl (C=O) groups is 1. The van der Waals surface area contributed by atoms with Crippen LogP contribution < -0.4 is 0 Å². The number of carbonyl (C=O) groups excluding carboxylic acids is 1. The van der Waals surface area contributed by atoms with Gasteiger partial charge in [-0.1, -0.05) is 17.3 Å². The number of halogens is 1. The average molecular weight is 332 g/mol. The summed E-state index contributed by atoms with van der Waals surface area (Å²) in [5.41, 5.74) is 0.612. The van der Waals surface area contributed by atoms with Crippen LogP contribution >= 0.6 is 0 Å². The fraction of sp³-hybridized carbons (Fsp3) is 0.471. The lowest BCUT2D eigenvalue weighted by Gasteiger charge is -2.28. The molecule has 0 aliphatic heterocycles. The Labute approximate surface area is 140 Å². The largest absolute Gasteiger partial charge is 0.337 e. The Morgan fingerprint density at radius 1 is 1.38 bits per heavy atom.